The Morgan fingerprint density at radius 1 is 1.17 bits per heavy atom. The van der Waals surface area contributed by atoms with Crippen LogP contribution in [0.25, 0.3) is 0 Å². The first kappa shape index (κ1) is 20.8. The van der Waals surface area contributed by atoms with E-state index < -0.39 is 30.2 Å². The Morgan fingerprint density at radius 2 is 1.90 bits per heavy atom. The van der Waals surface area contributed by atoms with E-state index in [4.69, 9.17) is 14.2 Å². The molecule has 0 saturated carbocycles. The standard InChI is InChI=1S/C23H25NO6/c1-3-28-18-6-4-14(5-7-18)8-15-10-19-17(9-16(15)11-24)12-29-23(19)22(27)21(26)20(25)13(2)30-23/h4-7,9-10,13,20-22,25-27H,3,8,12H2,1-2H3/t13-,20-,21+,22-,23+/m1/s1. The van der Waals surface area contributed by atoms with E-state index in [1.54, 1.807) is 19.1 Å². The molecule has 2 aromatic carbocycles. The lowest BCUT2D eigenvalue weighted by molar-refractivity contribution is -0.362. The van der Waals surface area contributed by atoms with Crippen LogP contribution in [0.4, 0.5) is 0 Å². The monoisotopic (exact) mass is 411 g/mol. The molecule has 158 valence electrons. The van der Waals surface area contributed by atoms with Gasteiger partial charge in [-0.1, -0.05) is 12.1 Å². The SMILES string of the molecule is CCOc1ccc(Cc2cc3c(cc2C#N)CO[C@]32O[C@H](C)[C@@H](O)[C@H](O)[C@H]2O)cc1. The topological polar surface area (TPSA) is 112 Å². The highest BCUT2D eigenvalue weighted by Gasteiger charge is 2.57. The van der Waals surface area contributed by atoms with Crippen molar-refractivity contribution in [2.75, 3.05) is 6.61 Å². The Kier molecular flexibility index (Phi) is 5.53. The minimum absolute atomic E-state index is 0.139. The average Bonchev–Trinajstić information content (AvgIpc) is 3.10. The van der Waals surface area contributed by atoms with Gasteiger partial charge in [-0.05, 0) is 61.2 Å². The number of hydrogen-bond acceptors (Lipinski definition) is 7. The number of fused-ring (bicyclic) bond motifs is 2. The van der Waals surface area contributed by atoms with Gasteiger partial charge in [0.1, 0.15) is 24.1 Å². The predicted molar refractivity (Wildman–Crippen MR) is 107 cm³/mol. The summed E-state index contributed by atoms with van der Waals surface area (Å²) in [5, 5.41) is 40.7. The van der Waals surface area contributed by atoms with Crippen LogP contribution in [0.5, 0.6) is 5.75 Å². The maximum Gasteiger partial charge on any atom is 0.225 e. The van der Waals surface area contributed by atoms with Crippen molar-refractivity contribution in [3.05, 3.63) is 64.2 Å². The highest BCUT2D eigenvalue weighted by Crippen LogP contribution is 2.46. The van der Waals surface area contributed by atoms with Crippen LogP contribution in [-0.2, 0) is 28.3 Å². The molecule has 4 rings (SSSR count). The summed E-state index contributed by atoms with van der Waals surface area (Å²) < 4.78 is 17.2. The summed E-state index contributed by atoms with van der Waals surface area (Å²) in [5.74, 6) is -0.794. The Hall–Kier alpha value is -2.47. The normalized spacial score (nSPS) is 30.1. The summed E-state index contributed by atoms with van der Waals surface area (Å²) >= 11 is 0. The highest BCUT2D eigenvalue weighted by molar-refractivity contribution is 5.50. The zero-order chi connectivity index (χ0) is 21.5. The van der Waals surface area contributed by atoms with Gasteiger partial charge in [-0.15, -0.1) is 0 Å². The van der Waals surface area contributed by atoms with E-state index in [1.165, 1.54) is 0 Å². The molecule has 0 radical (unpaired) electrons. The summed E-state index contributed by atoms with van der Waals surface area (Å²) in [6, 6.07) is 13.4. The van der Waals surface area contributed by atoms with Crippen LogP contribution in [0.15, 0.2) is 36.4 Å². The number of rotatable bonds is 4. The van der Waals surface area contributed by atoms with E-state index in [9.17, 15) is 20.6 Å². The van der Waals surface area contributed by atoms with E-state index in [1.807, 2.05) is 31.2 Å². The van der Waals surface area contributed by atoms with Gasteiger partial charge in [-0.3, -0.25) is 0 Å². The Balaban J connectivity index is 1.71. The van der Waals surface area contributed by atoms with Crippen molar-refractivity contribution in [3.63, 3.8) is 0 Å². The summed E-state index contributed by atoms with van der Waals surface area (Å²) in [5.41, 5.74) is 3.57. The molecule has 1 spiro atoms. The third-order valence-electron chi connectivity index (χ3n) is 5.80. The van der Waals surface area contributed by atoms with Crippen molar-refractivity contribution < 1.29 is 29.5 Å². The van der Waals surface area contributed by atoms with Crippen LogP contribution in [0.3, 0.4) is 0 Å². The number of aliphatic hydroxyl groups excluding tert-OH is 3. The fourth-order valence-corrected chi connectivity index (χ4v) is 4.18. The fourth-order valence-electron chi connectivity index (χ4n) is 4.18. The highest BCUT2D eigenvalue weighted by atomic mass is 16.7. The molecule has 7 nitrogen and oxygen atoms in total. The third kappa shape index (κ3) is 3.37. The summed E-state index contributed by atoms with van der Waals surface area (Å²) in [7, 11) is 0. The lowest BCUT2D eigenvalue weighted by Crippen LogP contribution is -2.62. The third-order valence-corrected chi connectivity index (χ3v) is 5.80. The summed E-state index contributed by atoms with van der Waals surface area (Å²) in [4.78, 5) is 0. The molecule has 2 heterocycles. The Bertz CT molecular complexity index is 969. The van der Waals surface area contributed by atoms with E-state index in [0.717, 1.165) is 22.4 Å². The fraction of sp³-hybridized carbons (Fsp3) is 0.435. The molecule has 0 aliphatic carbocycles. The molecule has 7 heteroatoms. The van der Waals surface area contributed by atoms with Gasteiger partial charge < -0.3 is 29.5 Å². The Labute approximate surface area is 175 Å². The quantitative estimate of drug-likeness (QED) is 0.702. The second-order valence-electron chi connectivity index (χ2n) is 7.74. The summed E-state index contributed by atoms with van der Waals surface area (Å²) in [6.07, 6.45) is -4.34. The minimum atomic E-state index is -1.57. The number of nitriles is 1. The molecule has 1 saturated heterocycles. The number of aliphatic hydroxyl groups is 3. The molecule has 3 N–H and O–H groups in total. The van der Waals surface area contributed by atoms with E-state index >= 15 is 0 Å². The van der Waals surface area contributed by atoms with Crippen LogP contribution in [0, 0.1) is 11.3 Å². The number of nitrogens with zero attached hydrogens (tertiary/aromatic N) is 1. The maximum atomic E-state index is 10.7. The van der Waals surface area contributed by atoms with Gasteiger partial charge in [0.2, 0.25) is 5.79 Å². The first-order valence-corrected chi connectivity index (χ1v) is 10.0. The maximum absolute atomic E-state index is 10.7. The number of ether oxygens (including phenoxy) is 3. The van der Waals surface area contributed by atoms with E-state index in [-0.39, 0.29) is 6.61 Å². The van der Waals surface area contributed by atoms with Crippen LogP contribution in [0.2, 0.25) is 0 Å². The number of hydrogen-bond donors (Lipinski definition) is 3. The molecule has 30 heavy (non-hydrogen) atoms. The van der Waals surface area contributed by atoms with Crippen molar-refractivity contribution in [1.82, 2.24) is 0 Å². The molecule has 0 aromatic heterocycles. The Morgan fingerprint density at radius 3 is 2.57 bits per heavy atom. The van der Waals surface area contributed by atoms with E-state index in [2.05, 4.69) is 6.07 Å². The molecular formula is C23H25NO6. The van der Waals surface area contributed by atoms with Gasteiger partial charge in [-0.25, -0.2) is 0 Å². The first-order valence-electron chi connectivity index (χ1n) is 10.0. The van der Waals surface area contributed by atoms with Crippen molar-refractivity contribution in [3.8, 4) is 11.8 Å². The van der Waals surface area contributed by atoms with Crippen LogP contribution in [-0.4, -0.2) is 46.3 Å². The zero-order valence-corrected chi connectivity index (χ0v) is 16.9. The van der Waals surface area contributed by atoms with Crippen LogP contribution >= 0.6 is 0 Å². The van der Waals surface area contributed by atoms with Crippen molar-refractivity contribution in [2.24, 2.45) is 0 Å². The molecule has 0 unspecified atom stereocenters. The van der Waals surface area contributed by atoms with Crippen molar-refractivity contribution in [2.45, 2.75) is 57.1 Å². The van der Waals surface area contributed by atoms with Gasteiger partial charge in [0.25, 0.3) is 0 Å². The van der Waals surface area contributed by atoms with Gasteiger partial charge in [0.05, 0.1) is 31.0 Å². The van der Waals surface area contributed by atoms with Gasteiger partial charge >= 0.3 is 0 Å². The summed E-state index contributed by atoms with van der Waals surface area (Å²) in [6.45, 7) is 4.27. The van der Waals surface area contributed by atoms with Gasteiger partial charge in [0, 0.05) is 5.56 Å². The molecule has 0 amide bonds. The molecule has 2 aliphatic heterocycles. The minimum Gasteiger partial charge on any atom is -0.494 e. The largest absolute Gasteiger partial charge is 0.494 e. The first-order chi connectivity index (χ1) is 14.4. The molecule has 2 aromatic rings. The molecular weight excluding hydrogens is 386 g/mol. The number of benzene rings is 2. The van der Waals surface area contributed by atoms with E-state index in [0.29, 0.717) is 24.2 Å². The van der Waals surface area contributed by atoms with Crippen molar-refractivity contribution in [1.29, 1.82) is 5.26 Å². The lowest BCUT2D eigenvalue weighted by atomic mass is 9.85. The van der Waals surface area contributed by atoms with Crippen LogP contribution in [0.1, 0.15) is 41.7 Å². The molecule has 5 atom stereocenters. The second-order valence-corrected chi connectivity index (χ2v) is 7.74. The van der Waals surface area contributed by atoms with Gasteiger partial charge in [0.15, 0.2) is 0 Å². The predicted octanol–water partition coefficient (Wildman–Crippen LogP) is 1.73. The molecule has 2 aliphatic rings. The molecule has 1 fully saturated rings. The zero-order valence-electron chi connectivity index (χ0n) is 16.9. The van der Waals surface area contributed by atoms with Gasteiger partial charge in [-0.2, -0.15) is 5.26 Å². The van der Waals surface area contributed by atoms with Crippen LogP contribution < -0.4 is 4.74 Å². The lowest BCUT2D eigenvalue weighted by Gasteiger charge is -2.45. The average molecular weight is 411 g/mol. The molecule has 0 bridgehead atoms. The smallest absolute Gasteiger partial charge is 0.225 e. The second kappa shape index (κ2) is 7.99. The van der Waals surface area contributed by atoms with Crippen molar-refractivity contribution >= 4 is 0 Å².